The molecule has 2 amide bonds. The van der Waals surface area contributed by atoms with Crippen LogP contribution in [0.15, 0.2) is 24.4 Å². The predicted octanol–water partition coefficient (Wildman–Crippen LogP) is 2.08. The molecule has 0 atom stereocenters. The number of carbonyl (C=O) groups excluding carboxylic acids is 1. The average Bonchev–Trinajstić information content (AvgIpc) is 2.92. The summed E-state index contributed by atoms with van der Waals surface area (Å²) in [5.41, 5.74) is 0. The van der Waals surface area contributed by atoms with E-state index in [4.69, 9.17) is 0 Å². The van der Waals surface area contributed by atoms with Gasteiger partial charge in [0.25, 0.3) is 0 Å². The number of amides is 2. The van der Waals surface area contributed by atoms with Crippen LogP contribution < -0.4 is 10.6 Å². The molecule has 2 N–H and O–H groups in total. The second kappa shape index (κ2) is 7.74. The van der Waals surface area contributed by atoms with Gasteiger partial charge in [-0.25, -0.2) is 9.78 Å². The molecule has 1 aromatic rings. The monoisotopic (exact) mass is 262 g/mol. The fourth-order valence-corrected chi connectivity index (χ4v) is 2.27. The second-order valence-corrected chi connectivity index (χ2v) is 4.85. The van der Waals surface area contributed by atoms with Crippen molar-refractivity contribution in [2.24, 2.45) is 0 Å². The van der Waals surface area contributed by atoms with Gasteiger partial charge in [0.15, 0.2) is 0 Å². The summed E-state index contributed by atoms with van der Waals surface area (Å²) in [5, 5.41) is 5.55. The van der Waals surface area contributed by atoms with Crippen molar-refractivity contribution >= 4 is 11.8 Å². The van der Waals surface area contributed by atoms with Crippen molar-refractivity contribution in [3.63, 3.8) is 0 Å². The molecule has 0 spiro atoms. The number of rotatable bonds is 6. The quantitative estimate of drug-likeness (QED) is 0.772. The number of unbranched alkanes of at least 4 members (excludes halogenated alkanes) is 1. The van der Waals surface area contributed by atoms with Gasteiger partial charge in [-0.1, -0.05) is 6.07 Å². The van der Waals surface area contributed by atoms with Crippen molar-refractivity contribution in [1.29, 1.82) is 0 Å². The van der Waals surface area contributed by atoms with Crippen LogP contribution in [0.3, 0.4) is 0 Å². The first-order valence-corrected chi connectivity index (χ1v) is 7.03. The molecule has 1 aliphatic rings. The molecule has 0 saturated carbocycles. The van der Waals surface area contributed by atoms with E-state index in [1.807, 2.05) is 12.1 Å². The van der Waals surface area contributed by atoms with Crippen LogP contribution >= 0.6 is 0 Å². The van der Waals surface area contributed by atoms with Gasteiger partial charge in [0.1, 0.15) is 5.82 Å². The number of likely N-dealkylation sites (tertiary alicyclic amines) is 1. The maximum absolute atomic E-state index is 11.6. The number of pyridine rings is 1. The van der Waals surface area contributed by atoms with E-state index in [0.717, 1.165) is 19.4 Å². The topological polar surface area (TPSA) is 57.3 Å². The number of hydrogen-bond donors (Lipinski definition) is 2. The lowest BCUT2D eigenvalue weighted by atomic mass is 10.3. The molecule has 1 fully saturated rings. The fraction of sp³-hybridized carbons (Fsp3) is 0.571. The first kappa shape index (κ1) is 13.8. The summed E-state index contributed by atoms with van der Waals surface area (Å²) in [7, 11) is 0. The molecule has 5 nitrogen and oxygen atoms in total. The normalized spacial score (nSPS) is 15.4. The molecule has 0 aliphatic carbocycles. The minimum absolute atomic E-state index is 0.181. The van der Waals surface area contributed by atoms with Gasteiger partial charge in [-0.05, 0) is 57.5 Å². The smallest absolute Gasteiger partial charge is 0.320 e. The number of urea groups is 1. The molecular formula is C14H22N4O. The van der Waals surface area contributed by atoms with E-state index in [1.165, 1.54) is 25.9 Å². The molecule has 104 valence electrons. The van der Waals surface area contributed by atoms with E-state index in [2.05, 4.69) is 20.5 Å². The van der Waals surface area contributed by atoms with E-state index in [9.17, 15) is 4.79 Å². The minimum atomic E-state index is -0.181. The van der Waals surface area contributed by atoms with Crippen molar-refractivity contribution in [3.05, 3.63) is 24.4 Å². The summed E-state index contributed by atoms with van der Waals surface area (Å²) in [6.07, 6.45) is 6.50. The Bertz CT molecular complexity index is 376. The third-order valence-electron chi connectivity index (χ3n) is 3.29. The lowest BCUT2D eigenvalue weighted by molar-refractivity contribution is 0.251. The van der Waals surface area contributed by atoms with Gasteiger partial charge in [-0.3, -0.25) is 5.32 Å². The van der Waals surface area contributed by atoms with Crippen molar-refractivity contribution in [2.75, 3.05) is 31.5 Å². The molecule has 0 radical (unpaired) electrons. The second-order valence-electron chi connectivity index (χ2n) is 4.85. The van der Waals surface area contributed by atoms with Crippen LogP contribution in [0.2, 0.25) is 0 Å². The fourth-order valence-electron chi connectivity index (χ4n) is 2.27. The highest BCUT2D eigenvalue weighted by Gasteiger charge is 2.10. The first-order chi connectivity index (χ1) is 9.34. The van der Waals surface area contributed by atoms with Gasteiger partial charge in [-0.15, -0.1) is 0 Å². The Morgan fingerprint density at radius 3 is 2.84 bits per heavy atom. The highest BCUT2D eigenvalue weighted by atomic mass is 16.2. The van der Waals surface area contributed by atoms with Crippen molar-refractivity contribution in [3.8, 4) is 0 Å². The molecule has 1 aliphatic heterocycles. The molecule has 2 rings (SSSR count). The predicted molar refractivity (Wildman–Crippen MR) is 76.2 cm³/mol. The Morgan fingerprint density at radius 1 is 1.26 bits per heavy atom. The summed E-state index contributed by atoms with van der Waals surface area (Å²) in [4.78, 5) is 18.1. The van der Waals surface area contributed by atoms with Crippen LogP contribution in [0.25, 0.3) is 0 Å². The van der Waals surface area contributed by atoms with Crippen LogP contribution in [0.4, 0.5) is 10.6 Å². The molecule has 19 heavy (non-hydrogen) atoms. The molecule has 0 unspecified atom stereocenters. The lowest BCUT2D eigenvalue weighted by Crippen LogP contribution is -2.30. The summed E-state index contributed by atoms with van der Waals surface area (Å²) < 4.78 is 0. The molecule has 2 heterocycles. The maximum atomic E-state index is 11.6. The van der Waals surface area contributed by atoms with Crippen molar-refractivity contribution in [1.82, 2.24) is 15.2 Å². The zero-order valence-corrected chi connectivity index (χ0v) is 11.3. The van der Waals surface area contributed by atoms with E-state index in [1.54, 1.807) is 12.3 Å². The largest absolute Gasteiger partial charge is 0.338 e. The molecular weight excluding hydrogens is 240 g/mol. The molecule has 5 heteroatoms. The van der Waals surface area contributed by atoms with Crippen molar-refractivity contribution < 1.29 is 4.79 Å². The molecule has 0 bridgehead atoms. The zero-order valence-electron chi connectivity index (χ0n) is 11.3. The minimum Gasteiger partial charge on any atom is -0.338 e. The summed E-state index contributed by atoms with van der Waals surface area (Å²) in [6, 6.07) is 5.26. The zero-order chi connectivity index (χ0) is 13.3. The maximum Gasteiger partial charge on any atom is 0.320 e. The van der Waals surface area contributed by atoms with Gasteiger partial charge >= 0.3 is 6.03 Å². The number of nitrogens with one attached hydrogen (secondary N) is 2. The Hall–Kier alpha value is -1.62. The van der Waals surface area contributed by atoms with Gasteiger partial charge in [0.05, 0.1) is 0 Å². The number of hydrogen-bond acceptors (Lipinski definition) is 3. The summed E-state index contributed by atoms with van der Waals surface area (Å²) >= 11 is 0. The molecule has 1 saturated heterocycles. The van der Waals surface area contributed by atoms with Gasteiger partial charge in [0.2, 0.25) is 0 Å². The van der Waals surface area contributed by atoms with E-state index in [0.29, 0.717) is 12.4 Å². The Morgan fingerprint density at radius 2 is 2.11 bits per heavy atom. The number of anilines is 1. The highest BCUT2D eigenvalue weighted by molar-refractivity contribution is 5.88. The van der Waals surface area contributed by atoms with E-state index < -0.39 is 0 Å². The van der Waals surface area contributed by atoms with Crippen LogP contribution in [0.1, 0.15) is 25.7 Å². The van der Waals surface area contributed by atoms with E-state index in [-0.39, 0.29) is 6.03 Å². The Balaban J connectivity index is 1.51. The lowest BCUT2D eigenvalue weighted by Gasteiger charge is -2.14. The standard InChI is InChI=1S/C14H22N4O/c19-14(17-13-7-1-2-8-15-13)16-9-3-4-10-18-11-5-6-12-18/h1-2,7-8H,3-6,9-12H2,(H2,15,16,17,19). The van der Waals surface area contributed by atoms with Gasteiger partial charge in [0, 0.05) is 12.7 Å². The number of carbonyl (C=O) groups is 1. The third kappa shape index (κ3) is 5.26. The number of nitrogens with zero attached hydrogens (tertiary/aromatic N) is 2. The van der Waals surface area contributed by atoms with Crippen LogP contribution in [0, 0.1) is 0 Å². The SMILES string of the molecule is O=C(NCCCCN1CCCC1)Nc1ccccn1. The Labute approximate surface area is 114 Å². The van der Waals surface area contributed by atoms with Gasteiger partial charge < -0.3 is 10.2 Å². The first-order valence-electron chi connectivity index (χ1n) is 7.03. The van der Waals surface area contributed by atoms with Crippen LogP contribution in [0.5, 0.6) is 0 Å². The molecule has 0 aromatic carbocycles. The van der Waals surface area contributed by atoms with Crippen LogP contribution in [-0.4, -0.2) is 42.1 Å². The highest BCUT2D eigenvalue weighted by Crippen LogP contribution is 2.07. The van der Waals surface area contributed by atoms with Crippen LogP contribution in [-0.2, 0) is 0 Å². The van der Waals surface area contributed by atoms with Gasteiger partial charge in [-0.2, -0.15) is 0 Å². The average molecular weight is 262 g/mol. The van der Waals surface area contributed by atoms with E-state index >= 15 is 0 Å². The number of aromatic nitrogens is 1. The third-order valence-corrected chi connectivity index (χ3v) is 3.29. The van der Waals surface area contributed by atoms with Crippen molar-refractivity contribution in [2.45, 2.75) is 25.7 Å². The Kier molecular flexibility index (Phi) is 5.62. The molecule has 1 aromatic heterocycles. The summed E-state index contributed by atoms with van der Waals surface area (Å²) in [5.74, 6) is 0.581. The summed E-state index contributed by atoms with van der Waals surface area (Å²) in [6.45, 7) is 4.36.